The average molecular weight is 251 g/mol. The van der Waals surface area contributed by atoms with Gasteiger partial charge in [-0.2, -0.15) is 5.10 Å². The molecule has 0 aromatic carbocycles. The highest BCUT2D eigenvalue weighted by molar-refractivity contribution is 5.76. The van der Waals surface area contributed by atoms with Gasteiger partial charge in [0.15, 0.2) is 0 Å². The molecule has 1 aromatic heterocycles. The zero-order chi connectivity index (χ0) is 13.1. The van der Waals surface area contributed by atoms with E-state index in [-0.39, 0.29) is 18.1 Å². The quantitative estimate of drug-likeness (QED) is 0.870. The number of nitrogens with zero attached hydrogens (tertiary/aromatic N) is 3. The molecule has 2 rings (SSSR count). The topological polar surface area (TPSA) is 58.4 Å². The lowest BCUT2D eigenvalue weighted by molar-refractivity contribution is -0.136. The molecule has 1 aliphatic heterocycles. The van der Waals surface area contributed by atoms with Crippen molar-refractivity contribution in [2.45, 2.75) is 51.8 Å². The van der Waals surface area contributed by atoms with Gasteiger partial charge in [-0.25, -0.2) is 0 Å². The molecule has 0 radical (unpaired) electrons. The molecule has 0 spiro atoms. The van der Waals surface area contributed by atoms with Crippen LogP contribution in [0.3, 0.4) is 0 Å². The van der Waals surface area contributed by atoms with Crippen molar-refractivity contribution in [3.63, 3.8) is 0 Å². The van der Waals surface area contributed by atoms with Crippen molar-refractivity contribution in [1.29, 1.82) is 0 Å². The molecule has 1 fully saturated rings. The molecule has 0 bridgehead atoms. The Morgan fingerprint density at radius 1 is 1.61 bits per heavy atom. The maximum absolute atomic E-state index is 12.1. The highest BCUT2D eigenvalue weighted by Gasteiger charge is 2.27. The third kappa shape index (κ3) is 3.10. The largest absolute Gasteiger partial charge is 0.393 e. The Morgan fingerprint density at radius 3 is 3.00 bits per heavy atom. The van der Waals surface area contributed by atoms with Gasteiger partial charge in [-0.15, -0.1) is 0 Å². The third-order valence-corrected chi connectivity index (χ3v) is 3.49. The van der Waals surface area contributed by atoms with Crippen LogP contribution < -0.4 is 0 Å². The van der Waals surface area contributed by atoms with Crippen molar-refractivity contribution in [1.82, 2.24) is 14.7 Å². The summed E-state index contributed by atoms with van der Waals surface area (Å²) in [7, 11) is 0. The minimum atomic E-state index is -0.252. The van der Waals surface area contributed by atoms with Crippen LogP contribution in [0.2, 0.25) is 0 Å². The van der Waals surface area contributed by atoms with E-state index in [1.165, 1.54) is 0 Å². The molecule has 1 saturated heterocycles. The lowest BCUT2D eigenvalue weighted by Crippen LogP contribution is -2.46. The molecule has 0 saturated carbocycles. The van der Waals surface area contributed by atoms with Crippen molar-refractivity contribution in [3.05, 3.63) is 18.0 Å². The number of aliphatic hydroxyl groups is 1. The first kappa shape index (κ1) is 13.1. The smallest absolute Gasteiger partial charge is 0.224 e. The van der Waals surface area contributed by atoms with E-state index in [0.717, 1.165) is 5.56 Å². The summed E-state index contributed by atoms with van der Waals surface area (Å²) in [6, 6.07) is 0.139. The van der Waals surface area contributed by atoms with Crippen LogP contribution in [0, 0.1) is 6.92 Å². The van der Waals surface area contributed by atoms with E-state index in [9.17, 15) is 9.90 Å². The molecule has 2 atom stereocenters. The lowest BCUT2D eigenvalue weighted by atomic mass is 10.0. The minimum absolute atomic E-state index is 0.139. The standard InChI is InChI=1S/C13H21N3O2/c1-10-8-14-15(9-10)5-4-13(18)16-6-3-12(17)7-11(16)2/h8-9,11-12,17H,3-7H2,1-2H3/t11-,12-/m0/s1. The number of hydrogen-bond donors (Lipinski definition) is 1. The molecule has 18 heavy (non-hydrogen) atoms. The number of aliphatic hydroxyl groups excluding tert-OH is 1. The predicted molar refractivity (Wildman–Crippen MR) is 68.0 cm³/mol. The molecule has 1 N–H and O–H groups in total. The molecule has 5 nitrogen and oxygen atoms in total. The van der Waals surface area contributed by atoms with Crippen molar-refractivity contribution in [2.24, 2.45) is 0 Å². The van der Waals surface area contributed by atoms with Gasteiger partial charge in [0.2, 0.25) is 5.91 Å². The van der Waals surface area contributed by atoms with Gasteiger partial charge < -0.3 is 10.0 Å². The summed E-state index contributed by atoms with van der Waals surface area (Å²) in [6.45, 7) is 5.27. The lowest BCUT2D eigenvalue weighted by Gasteiger charge is -2.36. The molecule has 1 aromatic rings. The predicted octanol–water partition coefficient (Wildman–Crippen LogP) is 0.953. The van der Waals surface area contributed by atoms with Crippen LogP contribution >= 0.6 is 0 Å². The molecule has 0 aliphatic carbocycles. The fourth-order valence-corrected chi connectivity index (χ4v) is 2.46. The van der Waals surface area contributed by atoms with Gasteiger partial charge in [-0.05, 0) is 32.3 Å². The van der Waals surface area contributed by atoms with E-state index in [1.807, 2.05) is 24.9 Å². The van der Waals surface area contributed by atoms with Crippen LogP contribution in [0.1, 0.15) is 31.7 Å². The zero-order valence-corrected chi connectivity index (χ0v) is 11.0. The first-order valence-electron chi connectivity index (χ1n) is 6.53. The second-order valence-electron chi connectivity index (χ2n) is 5.15. The molecular formula is C13H21N3O2. The van der Waals surface area contributed by atoms with Crippen LogP contribution in [0.15, 0.2) is 12.4 Å². The highest BCUT2D eigenvalue weighted by Crippen LogP contribution is 2.18. The van der Waals surface area contributed by atoms with E-state index in [4.69, 9.17) is 0 Å². The molecule has 100 valence electrons. The minimum Gasteiger partial charge on any atom is -0.393 e. The van der Waals surface area contributed by atoms with Crippen LogP contribution in [0.4, 0.5) is 0 Å². The highest BCUT2D eigenvalue weighted by atomic mass is 16.3. The molecular weight excluding hydrogens is 230 g/mol. The van der Waals surface area contributed by atoms with Gasteiger partial charge in [-0.1, -0.05) is 0 Å². The first-order valence-corrected chi connectivity index (χ1v) is 6.53. The van der Waals surface area contributed by atoms with E-state index in [0.29, 0.717) is 32.4 Å². The number of aromatic nitrogens is 2. The summed E-state index contributed by atoms with van der Waals surface area (Å²) >= 11 is 0. The van der Waals surface area contributed by atoms with Crippen LogP contribution in [-0.4, -0.2) is 44.4 Å². The Kier molecular flexibility index (Phi) is 4.01. The summed E-state index contributed by atoms with van der Waals surface area (Å²) in [5, 5.41) is 13.7. The number of amides is 1. The number of likely N-dealkylation sites (tertiary alicyclic amines) is 1. The third-order valence-electron chi connectivity index (χ3n) is 3.49. The Balaban J connectivity index is 1.84. The molecule has 2 heterocycles. The van der Waals surface area contributed by atoms with Crippen molar-refractivity contribution in [2.75, 3.05) is 6.54 Å². The van der Waals surface area contributed by atoms with Gasteiger partial charge >= 0.3 is 0 Å². The first-order chi connectivity index (χ1) is 8.56. The second-order valence-corrected chi connectivity index (χ2v) is 5.15. The molecule has 0 unspecified atom stereocenters. The monoisotopic (exact) mass is 251 g/mol. The Bertz CT molecular complexity index is 416. The second kappa shape index (κ2) is 5.52. The van der Waals surface area contributed by atoms with E-state index < -0.39 is 0 Å². The summed E-state index contributed by atoms with van der Waals surface area (Å²) in [5.74, 6) is 0.155. The van der Waals surface area contributed by atoms with Crippen molar-refractivity contribution >= 4 is 5.91 Å². The maximum Gasteiger partial charge on any atom is 0.224 e. The van der Waals surface area contributed by atoms with E-state index in [2.05, 4.69) is 5.10 Å². The Hall–Kier alpha value is -1.36. The fourth-order valence-electron chi connectivity index (χ4n) is 2.46. The molecule has 1 aliphatic rings. The van der Waals surface area contributed by atoms with Crippen LogP contribution in [0.5, 0.6) is 0 Å². The van der Waals surface area contributed by atoms with E-state index in [1.54, 1.807) is 10.9 Å². The zero-order valence-electron chi connectivity index (χ0n) is 11.0. The average Bonchev–Trinajstić information content (AvgIpc) is 2.72. The number of aryl methyl sites for hydroxylation is 2. The van der Waals surface area contributed by atoms with Crippen molar-refractivity contribution < 1.29 is 9.90 Å². The van der Waals surface area contributed by atoms with Gasteiger partial charge in [0.1, 0.15) is 0 Å². The normalized spacial score (nSPS) is 24.3. The molecule has 5 heteroatoms. The Labute approximate surface area is 107 Å². The molecule has 1 amide bonds. The van der Waals surface area contributed by atoms with Crippen LogP contribution in [-0.2, 0) is 11.3 Å². The van der Waals surface area contributed by atoms with E-state index >= 15 is 0 Å². The SMILES string of the molecule is Cc1cnn(CCC(=O)N2CC[C@H](O)C[C@@H]2C)c1. The number of carbonyl (C=O) groups is 1. The van der Waals surface area contributed by atoms with Gasteiger partial charge in [0.05, 0.1) is 12.3 Å². The number of rotatable bonds is 3. The summed E-state index contributed by atoms with van der Waals surface area (Å²) in [5.41, 5.74) is 1.11. The summed E-state index contributed by atoms with van der Waals surface area (Å²) in [4.78, 5) is 14.0. The summed E-state index contributed by atoms with van der Waals surface area (Å²) in [6.07, 6.45) is 5.34. The fraction of sp³-hybridized carbons (Fsp3) is 0.692. The number of hydrogen-bond acceptors (Lipinski definition) is 3. The van der Waals surface area contributed by atoms with Gasteiger partial charge in [-0.3, -0.25) is 9.48 Å². The van der Waals surface area contributed by atoms with Gasteiger partial charge in [0, 0.05) is 31.7 Å². The number of carbonyl (C=O) groups excluding carboxylic acids is 1. The van der Waals surface area contributed by atoms with Crippen LogP contribution in [0.25, 0.3) is 0 Å². The van der Waals surface area contributed by atoms with Crippen molar-refractivity contribution in [3.8, 4) is 0 Å². The Morgan fingerprint density at radius 2 is 2.39 bits per heavy atom. The number of piperidine rings is 1. The maximum atomic E-state index is 12.1. The summed E-state index contributed by atoms with van der Waals surface area (Å²) < 4.78 is 1.80. The van der Waals surface area contributed by atoms with Gasteiger partial charge in [0.25, 0.3) is 0 Å².